The summed E-state index contributed by atoms with van der Waals surface area (Å²) >= 11 is 7.08. The summed E-state index contributed by atoms with van der Waals surface area (Å²) in [4.78, 5) is 0. The molecule has 0 heterocycles. The van der Waals surface area contributed by atoms with Gasteiger partial charge in [-0.15, -0.1) is 0 Å². The molecule has 3 heteroatoms. The van der Waals surface area contributed by atoms with Gasteiger partial charge in [0.15, 0.2) is 0 Å². The van der Waals surface area contributed by atoms with Gasteiger partial charge in [-0.2, -0.15) is 0 Å². The van der Waals surface area contributed by atoms with Crippen molar-refractivity contribution in [2.24, 2.45) is 0 Å². The van der Waals surface area contributed by atoms with Crippen molar-refractivity contribution in [1.82, 2.24) is 0 Å². The van der Waals surface area contributed by atoms with E-state index in [1.165, 1.54) is 0 Å². The summed E-state index contributed by atoms with van der Waals surface area (Å²) in [5, 5.41) is 12.4. The van der Waals surface area contributed by atoms with Gasteiger partial charge in [0.2, 0.25) is 0 Å². The van der Waals surface area contributed by atoms with Crippen molar-refractivity contribution in [1.29, 1.82) is 0 Å². The minimum absolute atomic E-state index is 0.289. The number of phenols is 1. The Kier molecular flexibility index (Phi) is 3.33. The van der Waals surface area contributed by atoms with Gasteiger partial charge in [-0.1, -0.05) is 42.5 Å². The Morgan fingerprint density at radius 3 is 2.42 bits per heavy atom. The number of fused-ring (bicyclic) bond motifs is 1. The molecule has 0 saturated heterocycles. The molecule has 3 rings (SSSR count). The highest BCUT2D eigenvalue weighted by atomic mass is 79.9. The highest BCUT2D eigenvalue weighted by Gasteiger charge is 2.13. The molecule has 1 N–H and O–H groups in total. The molecule has 0 fully saturated rings. The molecule has 94 valence electrons. The van der Waals surface area contributed by atoms with Gasteiger partial charge in [0, 0.05) is 20.1 Å². The molecule has 0 atom stereocenters. The number of hydrogen-bond acceptors (Lipinski definition) is 1. The average Bonchev–Trinajstić information content (AvgIpc) is 2.43. The van der Waals surface area contributed by atoms with Crippen LogP contribution in [0.2, 0.25) is 0 Å². The van der Waals surface area contributed by atoms with E-state index < -0.39 is 0 Å². The molecule has 0 unspecified atom stereocenters. The Bertz CT molecular complexity index is 766. The van der Waals surface area contributed by atoms with Crippen LogP contribution in [0, 0.1) is 0 Å². The van der Waals surface area contributed by atoms with Crippen LogP contribution in [0.4, 0.5) is 0 Å². The van der Waals surface area contributed by atoms with E-state index in [0.717, 1.165) is 30.8 Å². The first-order valence-electron chi connectivity index (χ1n) is 5.83. The molecule has 3 aromatic carbocycles. The second-order valence-electron chi connectivity index (χ2n) is 4.28. The van der Waals surface area contributed by atoms with Crippen LogP contribution in [0.15, 0.2) is 63.5 Å². The van der Waals surface area contributed by atoms with Crippen LogP contribution in [-0.4, -0.2) is 5.11 Å². The van der Waals surface area contributed by atoms with E-state index in [4.69, 9.17) is 0 Å². The van der Waals surface area contributed by atoms with Gasteiger partial charge in [-0.25, -0.2) is 0 Å². The lowest BCUT2D eigenvalue weighted by molar-refractivity contribution is 0.478. The maximum atomic E-state index is 10.2. The summed E-state index contributed by atoms with van der Waals surface area (Å²) in [6.07, 6.45) is 0. The van der Waals surface area contributed by atoms with Crippen molar-refractivity contribution < 1.29 is 5.11 Å². The molecule has 0 aliphatic heterocycles. The Morgan fingerprint density at radius 1 is 0.789 bits per heavy atom. The quantitative estimate of drug-likeness (QED) is 0.573. The van der Waals surface area contributed by atoms with Crippen molar-refractivity contribution in [2.45, 2.75) is 0 Å². The minimum Gasteiger partial charge on any atom is -0.507 e. The summed E-state index contributed by atoms with van der Waals surface area (Å²) in [6, 6.07) is 17.7. The van der Waals surface area contributed by atoms with E-state index in [-0.39, 0.29) is 5.75 Å². The van der Waals surface area contributed by atoms with E-state index in [1.54, 1.807) is 6.07 Å². The van der Waals surface area contributed by atoms with Crippen LogP contribution < -0.4 is 0 Å². The first-order chi connectivity index (χ1) is 9.18. The molecule has 1 nitrogen and oxygen atoms in total. The Labute approximate surface area is 128 Å². The van der Waals surface area contributed by atoms with E-state index in [9.17, 15) is 5.11 Å². The second kappa shape index (κ2) is 4.99. The second-order valence-corrected chi connectivity index (χ2v) is 5.93. The molecule has 0 radical (unpaired) electrons. The van der Waals surface area contributed by atoms with Crippen LogP contribution in [0.25, 0.3) is 21.9 Å². The Morgan fingerprint density at radius 2 is 1.58 bits per heavy atom. The van der Waals surface area contributed by atoms with Crippen LogP contribution in [0.3, 0.4) is 0 Å². The largest absolute Gasteiger partial charge is 0.507 e. The lowest BCUT2D eigenvalue weighted by Gasteiger charge is -2.12. The monoisotopic (exact) mass is 376 g/mol. The number of benzene rings is 3. The van der Waals surface area contributed by atoms with Crippen LogP contribution in [-0.2, 0) is 0 Å². The summed E-state index contributed by atoms with van der Waals surface area (Å²) in [5.41, 5.74) is 1.83. The predicted molar refractivity (Wildman–Crippen MR) is 86.4 cm³/mol. The van der Waals surface area contributed by atoms with E-state index in [2.05, 4.69) is 31.9 Å². The number of aromatic hydroxyl groups is 1. The predicted octanol–water partition coefficient (Wildman–Crippen LogP) is 5.74. The molecule has 0 aliphatic rings. The zero-order valence-corrected chi connectivity index (χ0v) is 13.1. The highest BCUT2D eigenvalue weighted by Crippen LogP contribution is 2.41. The van der Waals surface area contributed by atoms with Gasteiger partial charge >= 0.3 is 0 Å². The molecule has 0 amide bonds. The van der Waals surface area contributed by atoms with Gasteiger partial charge < -0.3 is 5.11 Å². The molecule has 0 aliphatic carbocycles. The SMILES string of the molecule is Oc1ccc2ccccc2c1-c1cccc(Br)c1Br. The van der Waals surface area contributed by atoms with Gasteiger partial charge in [0.05, 0.1) is 0 Å². The standard InChI is InChI=1S/C16H10Br2O/c17-13-7-3-6-12(16(13)18)15-11-5-2-1-4-10(11)8-9-14(15)19/h1-9,19H. The van der Waals surface area contributed by atoms with Crippen molar-refractivity contribution in [3.05, 3.63) is 63.5 Å². The number of halogens is 2. The summed E-state index contributed by atoms with van der Waals surface area (Å²) in [7, 11) is 0. The Balaban J connectivity index is 2.42. The molecule has 0 bridgehead atoms. The van der Waals surface area contributed by atoms with Crippen LogP contribution in [0.1, 0.15) is 0 Å². The highest BCUT2D eigenvalue weighted by molar-refractivity contribution is 9.13. The molecule has 3 aromatic rings. The molecule has 0 aromatic heterocycles. The van der Waals surface area contributed by atoms with Crippen molar-refractivity contribution in [3.8, 4) is 16.9 Å². The van der Waals surface area contributed by atoms with Crippen molar-refractivity contribution >= 4 is 42.6 Å². The van der Waals surface area contributed by atoms with E-state index >= 15 is 0 Å². The van der Waals surface area contributed by atoms with Crippen molar-refractivity contribution in [2.75, 3.05) is 0 Å². The number of phenolic OH excluding ortho intramolecular Hbond substituents is 1. The van der Waals surface area contributed by atoms with Crippen LogP contribution in [0.5, 0.6) is 5.75 Å². The maximum absolute atomic E-state index is 10.2. The van der Waals surface area contributed by atoms with Gasteiger partial charge in [-0.05, 0) is 54.8 Å². The third-order valence-corrected chi connectivity index (χ3v) is 5.18. The third kappa shape index (κ3) is 2.17. The van der Waals surface area contributed by atoms with E-state index in [0.29, 0.717) is 0 Å². The fourth-order valence-corrected chi connectivity index (χ4v) is 3.07. The summed E-state index contributed by atoms with van der Waals surface area (Å²) < 4.78 is 1.92. The minimum atomic E-state index is 0.289. The zero-order chi connectivity index (χ0) is 13.4. The fraction of sp³-hybridized carbons (Fsp3) is 0. The molecule has 0 spiro atoms. The number of rotatable bonds is 1. The molecule has 19 heavy (non-hydrogen) atoms. The molecular formula is C16H10Br2O. The van der Waals surface area contributed by atoms with Gasteiger partial charge in [-0.3, -0.25) is 0 Å². The molecular weight excluding hydrogens is 368 g/mol. The normalized spacial score (nSPS) is 10.8. The topological polar surface area (TPSA) is 20.2 Å². The average molecular weight is 378 g/mol. The van der Waals surface area contributed by atoms with Crippen molar-refractivity contribution in [3.63, 3.8) is 0 Å². The lowest BCUT2D eigenvalue weighted by Crippen LogP contribution is -1.85. The first kappa shape index (κ1) is 12.7. The maximum Gasteiger partial charge on any atom is 0.124 e. The Hall–Kier alpha value is -1.32. The molecule has 0 saturated carbocycles. The summed E-state index contributed by atoms with van der Waals surface area (Å²) in [6.45, 7) is 0. The lowest BCUT2D eigenvalue weighted by atomic mass is 9.97. The fourth-order valence-electron chi connectivity index (χ4n) is 2.24. The zero-order valence-electron chi connectivity index (χ0n) is 9.90. The van der Waals surface area contributed by atoms with Crippen LogP contribution >= 0.6 is 31.9 Å². The third-order valence-electron chi connectivity index (χ3n) is 3.13. The van der Waals surface area contributed by atoms with Gasteiger partial charge in [0.25, 0.3) is 0 Å². The smallest absolute Gasteiger partial charge is 0.124 e. The van der Waals surface area contributed by atoms with E-state index in [1.807, 2.05) is 48.5 Å². The number of hydrogen-bond donors (Lipinski definition) is 1. The summed E-state index contributed by atoms with van der Waals surface area (Å²) in [5.74, 6) is 0.289. The first-order valence-corrected chi connectivity index (χ1v) is 7.42. The van der Waals surface area contributed by atoms with Gasteiger partial charge in [0.1, 0.15) is 5.75 Å².